The number of carbonyl (C=O) groups excluding carboxylic acids is 1. The van der Waals surface area contributed by atoms with Gasteiger partial charge in [0.15, 0.2) is 0 Å². The summed E-state index contributed by atoms with van der Waals surface area (Å²) in [6.07, 6.45) is 2.79. The van der Waals surface area contributed by atoms with Crippen LogP contribution in [0.4, 0.5) is 10.1 Å². The van der Waals surface area contributed by atoms with Crippen molar-refractivity contribution in [2.45, 2.75) is 31.7 Å². The van der Waals surface area contributed by atoms with Gasteiger partial charge in [0, 0.05) is 22.1 Å². The molecule has 0 unspecified atom stereocenters. The molecule has 0 aliphatic heterocycles. The molecule has 28 heavy (non-hydrogen) atoms. The van der Waals surface area contributed by atoms with Gasteiger partial charge in [-0.1, -0.05) is 17.7 Å². The molecule has 146 valence electrons. The maximum absolute atomic E-state index is 13.6. The second kappa shape index (κ2) is 7.72. The lowest BCUT2D eigenvalue weighted by Gasteiger charge is -2.28. The SMILES string of the molecule is O=C(Nc1ccc(Cl)c(F)c1)C1CCC(n2c(=O)[nH]c3c(Br)cccc32)CC1. The Kier molecular flexibility index (Phi) is 5.29. The number of amides is 1. The summed E-state index contributed by atoms with van der Waals surface area (Å²) in [5.74, 6) is -0.857. The number of fused-ring (bicyclic) bond motifs is 1. The smallest absolute Gasteiger partial charge is 0.326 e. The van der Waals surface area contributed by atoms with Gasteiger partial charge in [0.05, 0.1) is 16.1 Å². The van der Waals surface area contributed by atoms with E-state index in [9.17, 15) is 14.0 Å². The van der Waals surface area contributed by atoms with Crippen molar-refractivity contribution in [3.8, 4) is 0 Å². The number of benzene rings is 2. The number of anilines is 1. The second-order valence-electron chi connectivity index (χ2n) is 7.06. The average Bonchev–Trinajstić information content (AvgIpc) is 3.02. The highest BCUT2D eigenvalue weighted by atomic mass is 79.9. The molecule has 1 saturated carbocycles. The first-order valence-corrected chi connectivity index (χ1v) is 10.3. The number of halogens is 3. The Morgan fingerprint density at radius 1 is 1.21 bits per heavy atom. The van der Waals surface area contributed by atoms with Crippen molar-refractivity contribution in [1.82, 2.24) is 9.55 Å². The minimum absolute atomic E-state index is 0.0225. The third-order valence-electron chi connectivity index (χ3n) is 5.32. The molecule has 0 atom stereocenters. The van der Waals surface area contributed by atoms with Gasteiger partial charge in [-0.2, -0.15) is 0 Å². The van der Waals surface area contributed by atoms with Crippen LogP contribution in [0.25, 0.3) is 11.0 Å². The first-order valence-electron chi connectivity index (χ1n) is 9.08. The lowest BCUT2D eigenvalue weighted by atomic mass is 9.85. The summed E-state index contributed by atoms with van der Waals surface area (Å²) in [4.78, 5) is 27.9. The van der Waals surface area contributed by atoms with E-state index in [2.05, 4.69) is 26.2 Å². The fourth-order valence-corrected chi connectivity index (χ4v) is 4.46. The van der Waals surface area contributed by atoms with Gasteiger partial charge in [0.25, 0.3) is 0 Å². The van der Waals surface area contributed by atoms with E-state index in [0.29, 0.717) is 18.5 Å². The summed E-state index contributed by atoms with van der Waals surface area (Å²) in [5.41, 5.74) is 1.92. The predicted molar refractivity (Wildman–Crippen MR) is 111 cm³/mol. The minimum atomic E-state index is -0.562. The zero-order valence-corrected chi connectivity index (χ0v) is 17.2. The summed E-state index contributed by atoms with van der Waals surface area (Å²) < 4.78 is 16.2. The Bertz CT molecular complexity index is 1100. The van der Waals surface area contributed by atoms with Crippen LogP contribution in [0.1, 0.15) is 31.7 Å². The van der Waals surface area contributed by atoms with E-state index in [4.69, 9.17) is 11.6 Å². The maximum Gasteiger partial charge on any atom is 0.326 e. The van der Waals surface area contributed by atoms with E-state index in [1.807, 2.05) is 18.2 Å². The molecule has 1 aliphatic rings. The molecule has 4 rings (SSSR count). The first kappa shape index (κ1) is 19.2. The van der Waals surface area contributed by atoms with Gasteiger partial charge >= 0.3 is 5.69 Å². The highest BCUT2D eigenvalue weighted by molar-refractivity contribution is 9.10. The molecule has 0 radical (unpaired) electrons. The van der Waals surface area contributed by atoms with Crippen LogP contribution in [-0.4, -0.2) is 15.5 Å². The molecule has 0 spiro atoms. The van der Waals surface area contributed by atoms with Crippen molar-refractivity contribution in [3.05, 3.63) is 62.2 Å². The summed E-state index contributed by atoms with van der Waals surface area (Å²) in [6, 6.07) is 9.99. The molecule has 0 saturated heterocycles. The largest absolute Gasteiger partial charge is 0.326 e. The fraction of sp³-hybridized carbons (Fsp3) is 0.300. The quantitative estimate of drug-likeness (QED) is 0.553. The molecule has 2 N–H and O–H groups in total. The number of para-hydroxylation sites is 1. The molecule has 3 aromatic rings. The zero-order valence-electron chi connectivity index (χ0n) is 14.8. The van der Waals surface area contributed by atoms with Crippen LogP contribution in [0.3, 0.4) is 0 Å². The van der Waals surface area contributed by atoms with Crippen molar-refractivity contribution in [2.24, 2.45) is 5.92 Å². The number of hydrogen-bond acceptors (Lipinski definition) is 2. The van der Waals surface area contributed by atoms with Crippen LogP contribution < -0.4 is 11.0 Å². The van der Waals surface area contributed by atoms with Crippen LogP contribution in [0.15, 0.2) is 45.7 Å². The number of nitrogens with zero attached hydrogens (tertiary/aromatic N) is 1. The van der Waals surface area contributed by atoms with Crippen LogP contribution in [0.2, 0.25) is 5.02 Å². The molecular formula is C20H18BrClFN3O2. The highest BCUT2D eigenvalue weighted by Gasteiger charge is 2.29. The van der Waals surface area contributed by atoms with Crippen molar-refractivity contribution in [1.29, 1.82) is 0 Å². The zero-order chi connectivity index (χ0) is 19.8. The van der Waals surface area contributed by atoms with E-state index >= 15 is 0 Å². The minimum Gasteiger partial charge on any atom is -0.326 e. The van der Waals surface area contributed by atoms with Crippen LogP contribution in [0.5, 0.6) is 0 Å². The van der Waals surface area contributed by atoms with Crippen molar-refractivity contribution < 1.29 is 9.18 Å². The van der Waals surface area contributed by atoms with E-state index < -0.39 is 5.82 Å². The van der Waals surface area contributed by atoms with Gasteiger partial charge in [-0.25, -0.2) is 9.18 Å². The van der Waals surface area contributed by atoms with E-state index in [-0.39, 0.29) is 28.6 Å². The Hall–Kier alpha value is -2.12. The number of aromatic amines is 1. The van der Waals surface area contributed by atoms with E-state index in [1.165, 1.54) is 12.1 Å². The molecule has 2 aromatic carbocycles. The molecule has 1 aromatic heterocycles. The van der Waals surface area contributed by atoms with Gasteiger partial charge in [0.2, 0.25) is 5.91 Å². The average molecular weight is 467 g/mol. The van der Waals surface area contributed by atoms with Gasteiger partial charge in [-0.3, -0.25) is 9.36 Å². The van der Waals surface area contributed by atoms with E-state index in [1.54, 1.807) is 10.6 Å². The number of rotatable bonds is 3. The number of carbonyl (C=O) groups is 1. The van der Waals surface area contributed by atoms with Gasteiger partial charge in [-0.15, -0.1) is 0 Å². The van der Waals surface area contributed by atoms with Crippen LogP contribution >= 0.6 is 27.5 Å². The lowest BCUT2D eigenvalue weighted by molar-refractivity contribution is -0.121. The van der Waals surface area contributed by atoms with Crippen molar-refractivity contribution in [2.75, 3.05) is 5.32 Å². The molecule has 1 aliphatic carbocycles. The number of nitrogens with one attached hydrogen (secondary N) is 2. The Balaban J connectivity index is 1.45. The number of H-pyrrole nitrogens is 1. The maximum atomic E-state index is 13.6. The number of hydrogen-bond donors (Lipinski definition) is 2. The Morgan fingerprint density at radius 3 is 2.68 bits per heavy atom. The summed E-state index contributed by atoms with van der Waals surface area (Å²) >= 11 is 9.14. The number of imidazole rings is 1. The fourth-order valence-electron chi connectivity index (χ4n) is 3.89. The van der Waals surface area contributed by atoms with Crippen molar-refractivity contribution in [3.63, 3.8) is 0 Å². The molecular weight excluding hydrogens is 449 g/mol. The summed E-state index contributed by atoms with van der Waals surface area (Å²) in [5, 5.41) is 2.78. The summed E-state index contributed by atoms with van der Waals surface area (Å²) in [6.45, 7) is 0. The standard InChI is InChI=1S/C20H18BrClFN3O2/c21-14-2-1-3-17-18(14)25-20(28)26(17)13-7-4-11(5-8-13)19(27)24-12-6-9-15(22)16(23)10-12/h1-3,6,9-11,13H,4-5,7-8H2,(H,24,27)(H,25,28). The van der Waals surface area contributed by atoms with Gasteiger partial charge in [0.1, 0.15) is 5.82 Å². The second-order valence-corrected chi connectivity index (χ2v) is 8.32. The molecule has 0 bridgehead atoms. The molecule has 1 heterocycles. The molecule has 1 fully saturated rings. The normalized spacial score (nSPS) is 19.7. The predicted octanol–water partition coefficient (Wildman–Crippen LogP) is 5.25. The summed E-state index contributed by atoms with van der Waals surface area (Å²) in [7, 11) is 0. The van der Waals surface area contributed by atoms with Gasteiger partial charge < -0.3 is 10.3 Å². The molecule has 5 nitrogen and oxygen atoms in total. The lowest BCUT2D eigenvalue weighted by Crippen LogP contribution is -2.31. The van der Waals surface area contributed by atoms with E-state index in [0.717, 1.165) is 28.3 Å². The third-order valence-corrected chi connectivity index (χ3v) is 6.29. The van der Waals surface area contributed by atoms with Gasteiger partial charge in [-0.05, 0) is 71.9 Å². The third kappa shape index (κ3) is 3.61. The van der Waals surface area contributed by atoms with Crippen LogP contribution in [-0.2, 0) is 4.79 Å². The van der Waals surface area contributed by atoms with Crippen molar-refractivity contribution >= 4 is 50.2 Å². The van der Waals surface area contributed by atoms with Crippen LogP contribution in [0, 0.1) is 11.7 Å². The topological polar surface area (TPSA) is 66.9 Å². The molecule has 1 amide bonds. The highest BCUT2D eigenvalue weighted by Crippen LogP contribution is 2.34. The first-order chi connectivity index (χ1) is 13.4. The molecule has 8 heteroatoms. The monoisotopic (exact) mass is 465 g/mol. The number of aromatic nitrogens is 2. The Labute approximate surface area is 174 Å². The Morgan fingerprint density at radius 2 is 1.96 bits per heavy atom.